The summed E-state index contributed by atoms with van der Waals surface area (Å²) >= 11 is 0. The first-order valence-electron chi connectivity index (χ1n) is 11.2. The smallest absolute Gasteiger partial charge is 0.303 e. The van der Waals surface area contributed by atoms with Crippen LogP contribution in [0.25, 0.3) is 22.3 Å². The lowest BCUT2D eigenvalue weighted by Gasteiger charge is -2.36. The Bertz CT molecular complexity index is 1390. The second-order valence-corrected chi connectivity index (χ2v) is 8.80. The molecule has 0 N–H and O–H groups in total. The normalized spacial score (nSPS) is 18.9. The Morgan fingerprint density at radius 3 is 2.62 bits per heavy atom. The van der Waals surface area contributed by atoms with Crippen molar-refractivity contribution in [2.45, 2.75) is 65.5 Å². The van der Waals surface area contributed by atoms with Gasteiger partial charge in [-0.2, -0.15) is 0 Å². The van der Waals surface area contributed by atoms with Gasteiger partial charge in [-0.15, -0.1) is 0 Å². The van der Waals surface area contributed by atoms with Crippen molar-refractivity contribution in [1.82, 2.24) is 9.55 Å². The first kappa shape index (κ1) is 20.6. The van der Waals surface area contributed by atoms with E-state index in [0.717, 1.165) is 28.6 Å². The van der Waals surface area contributed by atoms with Gasteiger partial charge >= 0.3 is 5.97 Å². The van der Waals surface area contributed by atoms with Crippen LogP contribution >= 0.6 is 0 Å². The maximum atomic E-state index is 13.6. The highest BCUT2D eigenvalue weighted by Gasteiger charge is 2.47. The Kier molecular flexibility index (Phi) is 4.59. The number of pyridine rings is 2. The van der Waals surface area contributed by atoms with Gasteiger partial charge in [0.15, 0.2) is 11.4 Å². The number of Topliss-reactive ketones (excluding diaryl/α,β-unsaturated/α-hetero) is 1. The lowest BCUT2D eigenvalue weighted by molar-refractivity contribution is -0.168. The van der Waals surface area contributed by atoms with E-state index in [-0.39, 0.29) is 17.8 Å². The van der Waals surface area contributed by atoms with Crippen molar-refractivity contribution in [3.8, 4) is 11.4 Å². The van der Waals surface area contributed by atoms with Crippen LogP contribution < -0.4 is 5.56 Å². The SMILES string of the molecule is CCc1c2c(nc3ccc(C)cc13)-c1cc3c(c(=O)n1C2)CCC(=O)C3(CC)OC(C)=O. The highest BCUT2D eigenvalue weighted by molar-refractivity contribution is 5.94. The number of fused-ring (bicyclic) bond motifs is 5. The Hall–Kier alpha value is -3.28. The molecule has 0 radical (unpaired) electrons. The van der Waals surface area contributed by atoms with Crippen molar-refractivity contribution >= 4 is 22.7 Å². The van der Waals surface area contributed by atoms with E-state index in [0.29, 0.717) is 36.2 Å². The first-order chi connectivity index (χ1) is 15.3. The molecule has 1 aliphatic heterocycles. The van der Waals surface area contributed by atoms with Gasteiger partial charge in [0.1, 0.15) is 0 Å². The highest BCUT2D eigenvalue weighted by atomic mass is 16.6. The number of aromatic nitrogens is 2. The van der Waals surface area contributed by atoms with E-state index in [4.69, 9.17) is 9.72 Å². The van der Waals surface area contributed by atoms with Gasteiger partial charge in [0.25, 0.3) is 5.56 Å². The second kappa shape index (κ2) is 7.12. The number of nitrogens with zero attached hydrogens (tertiary/aromatic N) is 2. The number of hydrogen-bond acceptors (Lipinski definition) is 5. The molecule has 1 aromatic carbocycles. The Labute approximate surface area is 186 Å². The fourth-order valence-corrected chi connectivity index (χ4v) is 5.48. The average molecular weight is 431 g/mol. The summed E-state index contributed by atoms with van der Waals surface area (Å²) in [6, 6.07) is 8.08. The largest absolute Gasteiger partial charge is 0.446 e. The molecule has 0 fully saturated rings. The Morgan fingerprint density at radius 1 is 1.16 bits per heavy atom. The van der Waals surface area contributed by atoms with Crippen molar-refractivity contribution in [2.24, 2.45) is 0 Å². The molecule has 1 aliphatic carbocycles. The zero-order chi connectivity index (χ0) is 22.8. The minimum Gasteiger partial charge on any atom is -0.446 e. The van der Waals surface area contributed by atoms with Gasteiger partial charge in [0.05, 0.1) is 23.4 Å². The summed E-state index contributed by atoms with van der Waals surface area (Å²) < 4.78 is 7.41. The van der Waals surface area contributed by atoms with Crippen LogP contribution in [0.2, 0.25) is 0 Å². The van der Waals surface area contributed by atoms with E-state index in [1.165, 1.54) is 18.1 Å². The van der Waals surface area contributed by atoms with Crippen LogP contribution in [0.15, 0.2) is 29.1 Å². The van der Waals surface area contributed by atoms with Crippen molar-refractivity contribution in [1.29, 1.82) is 0 Å². The molecule has 0 spiro atoms. The van der Waals surface area contributed by atoms with Crippen LogP contribution in [0.1, 0.15) is 61.4 Å². The molecule has 0 amide bonds. The lowest BCUT2D eigenvalue weighted by atomic mass is 9.76. The van der Waals surface area contributed by atoms with Crippen molar-refractivity contribution in [3.05, 3.63) is 62.4 Å². The minimum absolute atomic E-state index is 0.115. The predicted octanol–water partition coefficient (Wildman–Crippen LogP) is 3.98. The molecule has 164 valence electrons. The maximum Gasteiger partial charge on any atom is 0.303 e. The number of esters is 1. The zero-order valence-corrected chi connectivity index (χ0v) is 18.9. The topological polar surface area (TPSA) is 78.3 Å². The van der Waals surface area contributed by atoms with Crippen molar-refractivity contribution in [2.75, 3.05) is 0 Å². The molecule has 3 heterocycles. The quantitative estimate of drug-likeness (QED) is 0.460. The Balaban J connectivity index is 1.82. The summed E-state index contributed by atoms with van der Waals surface area (Å²) in [6.45, 7) is 7.78. The van der Waals surface area contributed by atoms with Gasteiger partial charge < -0.3 is 9.30 Å². The van der Waals surface area contributed by atoms with E-state index in [1.807, 2.05) is 25.1 Å². The average Bonchev–Trinajstić information content (AvgIpc) is 3.12. The van der Waals surface area contributed by atoms with Gasteiger partial charge in [-0.05, 0) is 49.9 Å². The van der Waals surface area contributed by atoms with Crippen LogP contribution in [0.3, 0.4) is 0 Å². The molecule has 5 rings (SSSR count). The summed E-state index contributed by atoms with van der Waals surface area (Å²) in [5.74, 6) is -0.678. The minimum atomic E-state index is -1.40. The summed E-state index contributed by atoms with van der Waals surface area (Å²) in [6.07, 6.45) is 1.68. The molecule has 0 bridgehead atoms. The summed E-state index contributed by atoms with van der Waals surface area (Å²) in [7, 11) is 0. The number of ether oxygens (including phenoxy) is 1. The molecule has 2 aliphatic rings. The van der Waals surface area contributed by atoms with Crippen LogP contribution in [-0.2, 0) is 39.3 Å². The molecule has 1 atom stereocenters. The number of rotatable bonds is 3. The second-order valence-electron chi connectivity index (χ2n) is 8.80. The third kappa shape index (κ3) is 2.71. The molecule has 0 saturated carbocycles. The molecule has 6 heteroatoms. The monoisotopic (exact) mass is 430 g/mol. The fraction of sp³-hybridized carbons (Fsp3) is 0.385. The van der Waals surface area contributed by atoms with Crippen LogP contribution in [0.4, 0.5) is 0 Å². The third-order valence-corrected chi connectivity index (χ3v) is 6.98. The molecule has 32 heavy (non-hydrogen) atoms. The Morgan fingerprint density at radius 2 is 1.94 bits per heavy atom. The number of ketones is 1. The van der Waals surface area contributed by atoms with E-state index >= 15 is 0 Å². The standard InChI is InChI=1S/C26H26N2O4/c1-5-16-18-11-14(3)7-9-21(18)27-24-19(16)13-28-22(24)12-20-17(25(28)31)8-10-23(30)26(20,6-2)32-15(4)29/h7,9,11-12H,5-6,8,10,13H2,1-4H3. The summed E-state index contributed by atoms with van der Waals surface area (Å²) in [5, 5.41) is 1.12. The predicted molar refractivity (Wildman–Crippen MR) is 122 cm³/mol. The van der Waals surface area contributed by atoms with Crippen LogP contribution in [0, 0.1) is 6.92 Å². The fourth-order valence-electron chi connectivity index (χ4n) is 5.48. The molecule has 3 aromatic rings. The number of benzene rings is 1. The van der Waals surface area contributed by atoms with E-state index in [9.17, 15) is 14.4 Å². The number of carbonyl (C=O) groups excluding carboxylic acids is 2. The molecule has 6 nitrogen and oxygen atoms in total. The van der Waals surface area contributed by atoms with E-state index < -0.39 is 11.6 Å². The highest BCUT2D eigenvalue weighted by Crippen LogP contribution is 2.42. The van der Waals surface area contributed by atoms with Gasteiger partial charge in [-0.25, -0.2) is 4.98 Å². The van der Waals surface area contributed by atoms with Gasteiger partial charge in [-0.3, -0.25) is 14.4 Å². The lowest BCUT2D eigenvalue weighted by Crippen LogP contribution is -2.46. The third-order valence-electron chi connectivity index (χ3n) is 6.98. The summed E-state index contributed by atoms with van der Waals surface area (Å²) in [5.41, 5.74) is 5.38. The molecule has 1 unspecified atom stereocenters. The van der Waals surface area contributed by atoms with Crippen molar-refractivity contribution in [3.63, 3.8) is 0 Å². The van der Waals surface area contributed by atoms with Crippen molar-refractivity contribution < 1.29 is 14.3 Å². The van der Waals surface area contributed by atoms with Gasteiger partial charge in [-0.1, -0.05) is 25.5 Å². The van der Waals surface area contributed by atoms with E-state index in [1.54, 1.807) is 4.57 Å². The molecular formula is C26H26N2O4. The molecule has 2 aromatic heterocycles. The maximum absolute atomic E-state index is 13.6. The zero-order valence-electron chi connectivity index (χ0n) is 18.9. The number of aryl methyl sites for hydroxylation is 2. The van der Waals surface area contributed by atoms with Crippen LogP contribution in [-0.4, -0.2) is 21.3 Å². The van der Waals surface area contributed by atoms with E-state index in [2.05, 4.69) is 19.9 Å². The summed E-state index contributed by atoms with van der Waals surface area (Å²) in [4.78, 5) is 43.5. The van der Waals surface area contributed by atoms with Gasteiger partial charge in [0.2, 0.25) is 0 Å². The molecular weight excluding hydrogens is 404 g/mol. The first-order valence-corrected chi connectivity index (χ1v) is 11.2. The number of hydrogen-bond donors (Lipinski definition) is 0. The van der Waals surface area contributed by atoms with Gasteiger partial charge in [0, 0.05) is 35.4 Å². The van der Waals surface area contributed by atoms with Crippen LogP contribution in [0.5, 0.6) is 0 Å². The number of carbonyl (C=O) groups is 2. The molecule has 0 saturated heterocycles.